The third-order valence-electron chi connectivity index (χ3n) is 2.97. The molecule has 0 aliphatic heterocycles. The molecular formula is C13H14N4O4. The molecule has 1 unspecified atom stereocenters. The van der Waals surface area contributed by atoms with E-state index >= 15 is 0 Å². The van der Waals surface area contributed by atoms with Crippen LogP contribution in [-0.2, 0) is 14.3 Å². The van der Waals surface area contributed by atoms with Gasteiger partial charge in [-0.15, -0.1) is 5.10 Å². The van der Waals surface area contributed by atoms with Gasteiger partial charge < -0.3 is 10.1 Å². The first-order chi connectivity index (χ1) is 10.0. The van der Waals surface area contributed by atoms with Crippen LogP contribution in [0.2, 0.25) is 0 Å². The Kier molecular flexibility index (Phi) is 4.27. The van der Waals surface area contributed by atoms with Gasteiger partial charge >= 0.3 is 5.97 Å². The molecule has 0 bridgehead atoms. The molecule has 1 aromatic heterocycles. The predicted octanol–water partition coefficient (Wildman–Crippen LogP) is -0.358. The zero-order valence-corrected chi connectivity index (χ0v) is 11.6. The highest BCUT2D eigenvalue weighted by Gasteiger charge is 2.19. The molecule has 1 heterocycles. The fraction of sp³-hybridized carbons (Fsp3) is 0.308. The first-order valence-electron chi connectivity index (χ1n) is 6.23. The first-order valence-corrected chi connectivity index (χ1v) is 6.23. The monoisotopic (exact) mass is 290 g/mol. The van der Waals surface area contributed by atoms with Gasteiger partial charge in [0.15, 0.2) is 0 Å². The summed E-state index contributed by atoms with van der Waals surface area (Å²) < 4.78 is 5.40. The Morgan fingerprint density at radius 2 is 2.10 bits per heavy atom. The summed E-state index contributed by atoms with van der Waals surface area (Å²) in [5.74, 6) is -1.10. The predicted molar refractivity (Wildman–Crippen MR) is 73.5 cm³/mol. The molecule has 110 valence electrons. The van der Waals surface area contributed by atoms with Crippen LogP contribution >= 0.6 is 0 Å². The van der Waals surface area contributed by atoms with Crippen LogP contribution in [0.4, 0.5) is 0 Å². The van der Waals surface area contributed by atoms with E-state index in [1.54, 1.807) is 24.3 Å². The standard InChI is InChI=1S/C13H14N4O4/c1-8(12(19)14-7-11(18)21-2)17-13(20)9-5-3-4-6-10(9)15-16-17/h3-6,8H,7H2,1-2H3,(H,14,19). The molecule has 8 heteroatoms. The SMILES string of the molecule is COC(=O)CNC(=O)C(C)n1nnc2ccccc2c1=O. The summed E-state index contributed by atoms with van der Waals surface area (Å²) in [6, 6.07) is 5.84. The maximum Gasteiger partial charge on any atom is 0.325 e. The van der Waals surface area contributed by atoms with E-state index in [9.17, 15) is 14.4 Å². The van der Waals surface area contributed by atoms with Gasteiger partial charge in [0.2, 0.25) is 5.91 Å². The summed E-state index contributed by atoms with van der Waals surface area (Å²) in [7, 11) is 1.22. The van der Waals surface area contributed by atoms with E-state index in [1.807, 2.05) is 0 Å². The van der Waals surface area contributed by atoms with Gasteiger partial charge in [-0.25, -0.2) is 0 Å². The fourth-order valence-electron chi connectivity index (χ4n) is 1.75. The number of methoxy groups -OCH3 is 1. The molecule has 2 rings (SSSR count). The van der Waals surface area contributed by atoms with Gasteiger partial charge in [-0.3, -0.25) is 14.4 Å². The Morgan fingerprint density at radius 1 is 1.38 bits per heavy atom. The number of carbonyl (C=O) groups excluding carboxylic acids is 2. The summed E-state index contributed by atoms with van der Waals surface area (Å²) in [5.41, 5.74) is 0.0437. The molecule has 1 amide bonds. The second-order valence-corrected chi connectivity index (χ2v) is 4.33. The van der Waals surface area contributed by atoms with Crippen LogP contribution in [0.1, 0.15) is 13.0 Å². The number of benzene rings is 1. The minimum atomic E-state index is -0.890. The molecule has 0 spiro atoms. The van der Waals surface area contributed by atoms with Crippen LogP contribution in [-0.4, -0.2) is 40.5 Å². The Bertz CT molecular complexity index is 740. The van der Waals surface area contributed by atoms with E-state index in [-0.39, 0.29) is 6.54 Å². The Hall–Kier alpha value is -2.77. The zero-order chi connectivity index (χ0) is 15.4. The third-order valence-corrected chi connectivity index (χ3v) is 2.97. The molecule has 0 aliphatic carbocycles. The number of nitrogens with zero attached hydrogens (tertiary/aromatic N) is 3. The molecule has 1 atom stereocenters. The van der Waals surface area contributed by atoms with Crippen LogP contribution in [0.25, 0.3) is 10.9 Å². The lowest BCUT2D eigenvalue weighted by Crippen LogP contribution is -2.39. The minimum absolute atomic E-state index is 0.268. The van der Waals surface area contributed by atoms with Gasteiger partial charge in [0.1, 0.15) is 18.1 Å². The van der Waals surface area contributed by atoms with Crippen molar-refractivity contribution in [1.29, 1.82) is 0 Å². The Balaban J connectivity index is 2.25. The van der Waals surface area contributed by atoms with Crippen LogP contribution < -0.4 is 10.9 Å². The van der Waals surface area contributed by atoms with Crippen LogP contribution in [0.15, 0.2) is 29.1 Å². The summed E-state index contributed by atoms with van der Waals surface area (Å²) in [6.45, 7) is 1.23. The van der Waals surface area contributed by atoms with Gasteiger partial charge in [0.25, 0.3) is 5.56 Å². The number of fused-ring (bicyclic) bond motifs is 1. The number of esters is 1. The molecule has 0 aliphatic rings. The highest BCUT2D eigenvalue weighted by atomic mass is 16.5. The van der Waals surface area contributed by atoms with E-state index in [4.69, 9.17) is 0 Å². The summed E-state index contributed by atoms with van der Waals surface area (Å²) in [5, 5.41) is 10.4. The lowest BCUT2D eigenvalue weighted by atomic mass is 10.2. The fourth-order valence-corrected chi connectivity index (χ4v) is 1.75. The van der Waals surface area contributed by atoms with E-state index in [1.165, 1.54) is 14.0 Å². The minimum Gasteiger partial charge on any atom is -0.468 e. The van der Waals surface area contributed by atoms with Crippen molar-refractivity contribution in [3.8, 4) is 0 Å². The molecule has 21 heavy (non-hydrogen) atoms. The molecule has 8 nitrogen and oxygen atoms in total. The average molecular weight is 290 g/mol. The van der Waals surface area contributed by atoms with E-state index in [2.05, 4.69) is 20.4 Å². The number of nitrogens with one attached hydrogen (secondary N) is 1. The van der Waals surface area contributed by atoms with Crippen molar-refractivity contribution < 1.29 is 14.3 Å². The van der Waals surface area contributed by atoms with Gasteiger partial charge in [0.05, 0.1) is 12.5 Å². The highest BCUT2D eigenvalue weighted by molar-refractivity contribution is 5.84. The molecule has 0 radical (unpaired) electrons. The molecule has 1 aromatic carbocycles. The summed E-state index contributed by atoms with van der Waals surface area (Å²) >= 11 is 0. The Labute approximate surface area is 119 Å². The van der Waals surface area contributed by atoms with Gasteiger partial charge in [-0.05, 0) is 19.1 Å². The number of amides is 1. The van der Waals surface area contributed by atoms with Gasteiger partial charge in [-0.2, -0.15) is 4.68 Å². The lowest BCUT2D eigenvalue weighted by Gasteiger charge is -2.13. The van der Waals surface area contributed by atoms with Crippen molar-refractivity contribution >= 4 is 22.8 Å². The number of hydrogen-bond donors (Lipinski definition) is 1. The van der Waals surface area contributed by atoms with Crippen molar-refractivity contribution in [1.82, 2.24) is 20.3 Å². The molecule has 1 N–H and O–H groups in total. The average Bonchev–Trinajstić information content (AvgIpc) is 2.52. The van der Waals surface area contributed by atoms with Gasteiger partial charge in [-0.1, -0.05) is 17.3 Å². The maximum absolute atomic E-state index is 12.3. The second kappa shape index (κ2) is 6.12. The first kappa shape index (κ1) is 14.6. The van der Waals surface area contributed by atoms with Crippen LogP contribution in [0.3, 0.4) is 0 Å². The second-order valence-electron chi connectivity index (χ2n) is 4.33. The molecular weight excluding hydrogens is 276 g/mol. The van der Waals surface area contributed by atoms with Crippen molar-refractivity contribution in [2.45, 2.75) is 13.0 Å². The van der Waals surface area contributed by atoms with Crippen LogP contribution in [0, 0.1) is 0 Å². The normalized spacial score (nSPS) is 11.9. The van der Waals surface area contributed by atoms with E-state index < -0.39 is 23.5 Å². The largest absolute Gasteiger partial charge is 0.468 e. The molecule has 0 fully saturated rings. The number of ether oxygens (including phenoxy) is 1. The quantitative estimate of drug-likeness (QED) is 0.771. The van der Waals surface area contributed by atoms with Crippen LogP contribution in [0.5, 0.6) is 0 Å². The van der Waals surface area contributed by atoms with Crippen molar-refractivity contribution in [3.63, 3.8) is 0 Å². The maximum atomic E-state index is 12.3. The number of carbonyl (C=O) groups is 2. The Morgan fingerprint density at radius 3 is 2.81 bits per heavy atom. The molecule has 2 aromatic rings. The van der Waals surface area contributed by atoms with Crippen molar-refractivity contribution in [2.75, 3.05) is 13.7 Å². The topological polar surface area (TPSA) is 103 Å². The number of aromatic nitrogens is 3. The van der Waals surface area contributed by atoms with E-state index in [0.717, 1.165) is 4.68 Å². The molecule has 0 saturated carbocycles. The smallest absolute Gasteiger partial charge is 0.325 e. The number of rotatable bonds is 4. The van der Waals surface area contributed by atoms with Gasteiger partial charge in [0, 0.05) is 0 Å². The third kappa shape index (κ3) is 3.04. The number of hydrogen-bond acceptors (Lipinski definition) is 6. The van der Waals surface area contributed by atoms with Crippen molar-refractivity contribution in [2.24, 2.45) is 0 Å². The lowest BCUT2D eigenvalue weighted by molar-refractivity contribution is -0.141. The highest BCUT2D eigenvalue weighted by Crippen LogP contribution is 2.06. The zero-order valence-electron chi connectivity index (χ0n) is 11.6. The van der Waals surface area contributed by atoms with Crippen molar-refractivity contribution in [3.05, 3.63) is 34.6 Å². The molecule has 0 saturated heterocycles. The van der Waals surface area contributed by atoms with E-state index in [0.29, 0.717) is 10.9 Å². The summed E-state index contributed by atoms with van der Waals surface area (Å²) in [4.78, 5) is 35.1. The summed E-state index contributed by atoms with van der Waals surface area (Å²) in [6.07, 6.45) is 0.